The number of urea groups is 1. The van der Waals surface area contributed by atoms with Gasteiger partial charge in [0.25, 0.3) is 0 Å². The summed E-state index contributed by atoms with van der Waals surface area (Å²) in [5, 5.41) is 7.32. The van der Waals surface area contributed by atoms with Crippen molar-refractivity contribution in [1.82, 2.24) is 24.6 Å². The summed E-state index contributed by atoms with van der Waals surface area (Å²) in [6.07, 6.45) is 3.42. The van der Waals surface area contributed by atoms with Gasteiger partial charge in [-0.3, -0.25) is 0 Å². The molecule has 1 fully saturated rings. The van der Waals surface area contributed by atoms with Gasteiger partial charge in [-0.05, 0) is 25.1 Å². The van der Waals surface area contributed by atoms with E-state index in [1.807, 2.05) is 43.5 Å². The van der Waals surface area contributed by atoms with Crippen LogP contribution in [-0.4, -0.2) is 64.0 Å². The van der Waals surface area contributed by atoms with Crippen LogP contribution < -0.4 is 15.0 Å². The molecule has 150 valence electrons. The molecule has 0 unspecified atom stereocenters. The molecule has 1 aliphatic heterocycles. The van der Waals surface area contributed by atoms with E-state index in [-0.39, 0.29) is 6.03 Å². The number of hydrogen-bond acceptors (Lipinski definition) is 6. The first-order valence-electron chi connectivity index (χ1n) is 9.42. The van der Waals surface area contributed by atoms with Gasteiger partial charge in [0.1, 0.15) is 17.9 Å². The Morgan fingerprint density at radius 3 is 2.59 bits per heavy atom. The van der Waals surface area contributed by atoms with Crippen molar-refractivity contribution in [1.29, 1.82) is 0 Å². The zero-order valence-electron chi connectivity index (χ0n) is 16.4. The van der Waals surface area contributed by atoms with Crippen LogP contribution in [0.4, 0.5) is 16.3 Å². The lowest BCUT2D eigenvalue weighted by Crippen LogP contribution is -2.50. The highest BCUT2D eigenvalue weighted by Crippen LogP contribution is 2.19. The lowest BCUT2D eigenvalue weighted by molar-refractivity contribution is 0.208. The SMILES string of the molecule is COc1cccc(NC(=O)N2CCN(c3cc(-n4ccc(C)n4)ncn3)CC2)c1. The summed E-state index contributed by atoms with van der Waals surface area (Å²) >= 11 is 0. The number of amides is 2. The van der Waals surface area contributed by atoms with Crippen molar-refractivity contribution in [2.45, 2.75) is 6.92 Å². The van der Waals surface area contributed by atoms with Crippen molar-refractivity contribution >= 4 is 17.5 Å². The Balaban J connectivity index is 1.37. The highest BCUT2D eigenvalue weighted by Gasteiger charge is 2.22. The lowest BCUT2D eigenvalue weighted by Gasteiger charge is -2.35. The molecular weight excluding hydrogens is 370 g/mol. The molecule has 0 radical (unpaired) electrons. The molecule has 2 amide bonds. The molecule has 3 heterocycles. The minimum atomic E-state index is -0.117. The zero-order chi connectivity index (χ0) is 20.2. The molecule has 0 spiro atoms. The van der Waals surface area contributed by atoms with E-state index in [9.17, 15) is 4.79 Å². The van der Waals surface area contributed by atoms with Gasteiger partial charge >= 0.3 is 6.03 Å². The second-order valence-corrected chi connectivity index (χ2v) is 6.77. The molecule has 9 nitrogen and oxygen atoms in total. The molecule has 1 aliphatic rings. The Bertz CT molecular complexity index is 996. The Kier molecular flexibility index (Phi) is 5.28. The second-order valence-electron chi connectivity index (χ2n) is 6.77. The van der Waals surface area contributed by atoms with E-state index in [4.69, 9.17) is 4.74 Å². The molecule has 3 aromatic rings. The van der Waals surface area contributed by atoms with E-state index in [0.717, 1.165) is 17.3 Å². The summed E-state index contributed by atoms with van der Waals surface area (Å²) in [5.41, 5.74) is 1.65. The third-order valence-corrected chi connectivity index (χ3v) is 4.81. The third kappa shape index (κ3) is 4.29. The van der Waals surface area contributed by atoms with Gasteiger partial charge in [-0.25, -0.2) is 19.4 Å². The average Bonchev–Trinajstić information content (AvgIpc) is 3.20. The molecule has 0 atom stereocenters. The lowest BCUT2D eigenvalue weighted by atomic mass is 10.3. The molecule has 1 aromatic carbocycles. The summed E-state index contributed by atoms with van der Waals surface area (Å²) in [4.78, 5) is 25.2. The van der Waals surface area contributed by atoms with Crippen LogP contribution in [0.25, 0.3) is 5.82 Å². The number of anilines is 2. The number of aromatic nitrogens is 4. The molecule has 0 saturated carbocycles. The number of piperazine rings is 1. The number of nitrogens with one attached hydrogen (secondary N) is 1. The van der Waals surface area contributed by atoms with Crippen LogP contribution in [-0.2, 0) is 0 Å². The minimum absolute atomic E-state index is 0.117. The molecular formula is C20H23N7O2. The summed E-state index contributed by atoms with van der Waals surface area (Å²) < 4.78 is 6.93. The van der Waals surface area contributed by atoms with Crippen LogP contribution in [0, 0.1) is 6.92 Å². The molecule has 0 aliphatic carbocycles. The van der Waals surface area contributed by atoms with Crippen molar-refractivity contribution in [3.05, 3.63) is 54.6 Å². The smallest absolute Gasteiger partial charge is 0.321 e. The highest BCUT2D eigenvalue weighted by molar-refractivity contribution is 5.89. The number of rotatable bonds is 4. The van der Waals surface area contributed by atoms with Gasteiger partial charge in [0.05, 0.1) is 12.8 Å². The van der Waals surface area contributed by atoms with Crippen molar-refractivity contribution in [2.75, 3.05) is 43.5 Å². The highest BCUT2D eigenvalue weighted by atomic mass is 16.5. The maximum atomic E-state index is 12.6. The van der Waals surface area contributed by atoms with Crippen LogP contribution in [0.3, 0.4) is 0 Å². The van der Waals surface area contributed by atoms with Crippen molar-refractivity contribution in [3.8, 4) is 11.6 Å². The first-order valence-corrected chi connectivity index (χ1v) is 9.42. The van der Waals surface area contributed by atoms with E-state index in [1.165, 1.54) is 0 Å². The van der Waals surface area contributed by atoms with Crippen LogP contribution in [0.5, 0.6) is 5.75 Å². The van der Waals surface area contributed by atoms with Crippen molar-refractivity contribution < 1.29 is 9.53 Å². The molecule has 2 aromatic heterocycles. The predicted molar refractivity (Wildman–Crippen MR) is 110 cm³/mol. The van der Waals surface area contributed by atoms with E-state index in [0.29, 0.717) is 37.6 Å². The normalized spacial score (nSPS) is 14.0. The van der Waals surface area contributed by atoms with Gasteiger partial charge in [0.2, 0.25) is 0 Å². The maximum absolute atomic E-state index is 12.6. The standard InChI is InChI=1S/C20H23N7O2/c1-15-6-7-27(24-15)19-13-18(21-14-22-19)25-8-10-26(11-9-25)20(28)23-16-4-3-5-17(12-16)29-2/h3-7,12-14H,8-11H2,1-2H3,(H,23,28). The number of ether oxygens (including phenoxy) is 1. The van der Waals surface area contributed by atoms with Crippen LogP contribution >= 0.6 is 0 Å². The van der Waals surface area contributed by atoms with Gasteiger partial charge in [-0.2, -0.15) is 5.10 Å². The maximum Gasteiger partial charge on any atom is 0.321 e. The molecule has 1 saturated heterocycles. The first kappa shape index (κ1) is 18.7. The molecule has 0 bridgehead atoms. The Morgan fingerprint density at radius 2 is 1.86 bits per heavy atom. The summed E-state index contributed by atoms with van der Waals surface area (Å²) in [7, 11) is 1.60. The van der Waals surface area contributed by atoms with E-state index in [2.05, 4.69) is 25.3 Å². The number of methoxy groups -OCH3 is 1. The third-order valence-electron chi connectivity index (χ3n) is 4.81. The number of carbonyl (C=O) groups is 1. The number of nitrogens with zero attached hydrogens (tertiary/aromatic N) is 6. The van der Waals surface area contributed by atoms with Crippen LogP contribution in [0.1, 0.15) is 5.69 Å². The quantitative estimate of drug-likeness (QED) is 0.732. The largest absolute Gasteiger partial charge is 0.497 e. The van der Waals surface area contributed by atoms with Gasteiger partial charge < -0.3 is 19.9 Å². The van der Waals surface area contributed by atoms with E-state index in [1.54, 1.807) is 29.1 Å². The number of benzene rings is 1. The summed E-state index contributed by atoms with van der Waals surface area (Å²) in [6, 6.07) is 11.1. The van der Waals surface area contributed by atoms with Crippen molar-refractivity contribution in [3.63, 3.8) is 0 Å². The second kappa shape index (κ2) is 8.17. The van der Waals surface area contributed by atoms with Gasteiger partial charge in [-0.1, -0.05) is 6.07 Å². The molecule has 9 heteroatoms. The fraction of sp³-hybridized carbons (Fsp3) is 0.300. The monoisotopic (exact) mass is 393 g/mol. The van der Waals surface area contributed by atoms with Crippen LogP contribution in [0.2, 0.25) is 0 Å². The number of hydrogen-bond donors (Lipinski definition) is 1. The van der Waals surface area contributed by atoms with E-state index < -0.39 is 0 Å². The van der Waals surface area contributed by atoms with Gasteiger partial charge in [0, 0.05) is 50.2 Å². The first-order chi connectivity index (χ1) is 14.1. The number of aryl methyl sites for hydroxylation is 1. The Labute approximate surface area is 168 Å². The van der Waals surface area contributed by atoms with Crippen molar-refractivity contribution in [2.24, 2.45) is 0 Å². The van der Waals surface area contributed by atoms with Gasteiger partial charge in [-0.15, -0.1) is 0 Å². The molecule has 29 heavy (non-hydrogen) atoms. The summed E-state index contributed by atoms with van der Waals surface area (Å²) in [6.45, 7) is 4.54. The molecule has 1 N–H and O–H groups in total. The fourth-order valence-corrected chi connectivity index (χ4v) is 3.22. The molecule has 4 rings (SSSR count). The van der Waals surface area contributed by atoms with Crippen LogP contribution in [0.15, 0.2) is 48.9 Å². The number of carbonyl (C=O) groups excluding carboxylic acids is 1. The minimum Gasteiger partial charge on any atom is -0.497 e. The average molecular weight is 393 g/mol. The Morgan fingerprint density at radius 1 is 1.07 bits per heavy atom. The van der Waals surface area contributed by atoms with E-state index >= 15 is 0 Å². The fourth-order valence-electron chi connectivity index (χ4n) is 3.22. The zero-order valence-corrected chi connectivity index (χ0v) is 16.4. The topological polar surface area (TPSA) is 88.4 Å². The summed E-state index contributed by atoms with van der Waals surface area (Å²) in [5.74, 6) is 2.26. The predicted octanol–water partition coefficient (Wildman–Crippen LogP) is 2.33. The van der Waals surface area contributed by atoms with Gasteiger partial charge in [0.15, 0.2) is 5.82 Å². The Hall–Kier alpha value is -3.62.